The van der Waals surface area contributed by atoms with E-state index in [0.717, 1.165) is 12.0 Å². The van der Waals surface area contributed by atoms with Gasteiger partial charge in [-0.15, -0.1) is 0 Å². The number of esters is 2. The van der Waals surface area contributed by atoms with Crippen molar-refractivity contribution in [1.29, 1.82) is 0 Å². The van der Waals surface area contributed by atoms with Crippen LogP contribution in [-0.4, -0.2) is 50.7 Å². The predicted octanol–water partition coefficient (Wildman–Crippen LogP) is 7.21. The summed E-state index contributed by atoms with van der Waals surface area (Å²) in [5.74, 6) is 0.0593. The Morgan fingerprint density at radius 2 is 1.68 bits per heavy atom. The summed E-state index contributed by atoms with van der Waals surface area (Å²) in [6, 6.07) is 11.1. The number of carbonyl (C=O) groups excluding carboxylic acids is 2. The molecule has 0 heterocycles. The SMILES string of the molecule is CCC(C)(C)C(=O)O[C@H]1C[C@@H](C)C=C2C=C[C@H](C)[C@H](CC[C@@H](O)C[C@@H](O)CC(=O)Oc3cc(O)cc(/C=C/c4ccc(O)cc4)c3)[C@H]21. The molecule has 4 N–H and O–H groups in total. The van der Waals surface area contributed by atoms with Crippen molar-refractivity contribution in [2.75, 3.05) is 0 Å². The number of allylic oxidation sites excluding steroid dienone is 3. The first-order valence-electron chi connectivity index (χ1n) is 16.7. The van der Waals surface area contributed by atoms with Crippen molar-refractivity contribution in [3.63, 3.8) is 0 Å². The van der Waals surface area contributed by atoms with E-state index in [1.54, 1.807) is 42.5 Å². The van der Waals surface area contributed by atoms with Crippen molar-refractivity contribution in [2.45, 2.75) is 91.5 Å². The van der Waals surface area contributed by atoms with Crippen molar-refractivity contribution in [2.24, 2.45) is 29.1 Å². The van der Waals surface area contributed by atoms with E-state index in [1.807, 2.05) is 20.8 Å². The van der Waals surface area contributed by atoms with E-state index in [4.69, 9.17) is 9.47 Å². The number of aliphatic hydroxyl groups excluding tert-OH is 2. The molecule has 254 valence electrons. The summed E-state index contributed by atoms with van der Waals surface area (Å²) in [5, 5.41) is 41.1. The van der Waals surface area contributed by atoms with Gasteiger partial charge in [-0.25, -0.2) is 0 Å². The number of hydrogen-bond donors (Lipinski definition) is 4. The lowest BCUT2D eigenvalue weighted by molar-refractivity contribution is -0.164. The molecule has 47 heavy (non-hydrogen) atoms. The topological polar surface area (TPSA) is 134 Å². The minimum atomic E-state index is -1.11. The number of ether oxygens (including phenoxy) is 2. The van der Waals surface area contributed by atoms with Crippen molar-refractivity contribution >= 4 is 24.1 Å². The molecule has 8 heteroatoms. The van der Waals surface area contributed by atoms with Gasteiger partial charge in [0, 0.05) is 12.0 Å². The van der Waals surface area contributed by atoms with Crippen LogP contribution in [0.2, 0.25) is 0 Å². The average molecular weight is 647 g/mol. The number of phenols is 2. The second-order valence-corrected chi connectivity index (χ2v) is 14.0. The minimum Gasteiger partial charge on any atom is -0.508 e. The maximum atomic E-state index is 13.1. The van der Waals surface area contributed by atoms with Crippen LogP contribution in [-0.2, 0) is 14.3 Å². The Morgan fingerprint density at radius 3 is 2.38 bits per heavy atom. The first-order chi connectivity index (χ1) is 22.2. The van der Waals surface area contributed by atoms with Crippen molar-refractivity contribution in [3.8, 4) is 17.2 Å². The molecule has 0 fully saturated rings. The molecule has 2 aliphatic rings. The molecule has 0 saturated heterocycles. The van der Waals surface area contributed by atoms with Gasteiger partial charge in [0.25, 0.3) is 0 Å². The van der Waals surface area contributed by atoms with Crippen LogP contribution in [0.3, 0.4) is 0 Å². The summed E-state index contributed by atoms with van der Waals surface area (Å²) in [5.41, 5.74) is 2.06. The summed E-state index contributed by atoms with van der Waals surface area (Å²) in [6.45, 7) is 10.1. The molecule has 8 nitrogen and oxygen atoms in total. The lowest BCUT2D eigenvalue weighted by Gasteiger charge is -2.44. The summed E-state index contributed by atoms with van der Waals surface area (Å²) in [4.78, 5) is 25.7. The van der Waals surface area contributed by atoms with Crippen molar-refractivity contribution in [1.82, 2.24) is 0 Å². The zero-order chi connectivity index (χ0) is 34.3. The lowest BCUT2D eigenvalue weighted by Crippen LogP contribution is -2.43. The Morgan fingerprint density at radius 1 is 0.979 bits per heavy atom. The molecule has 0 saturated carbocycles. The summed E-state index contributed by atoms with van der Waals surface area (Å²) >= 11 is 0. The van der Waals surface area contributed by atoms with E-state index >= 15 is 0 Å². The standard InChI is InChI=1S/C39H50O8/c1-6-39(4,5)38(45)47-35-18-24(2)17-28-12-7-25(3)34(37(28)35)16-15-30(41)21-32(43)23-36(44)46-33-20-27(19-31(42)22-33)9-8-26-10-13-29(40)14-11-26/h7-14,17,19-20,22,24-25,30,32,34-35,37,40-43H,6,15-16,18,21,23H2,1-5H3/b9-8+/t24-,25-,30+,32+,34-,35-,37-/m0/s1. The van der Waals surface area contributed by atoms with Gasteiger partial charge in [0.15, 0.2) is 0 Å². The third-order valence-electron chi connectivity index (χ3n) is 9.58. The summed E-state index contributed by atoms with van der Waals surface area (Å²) < 4.78 is 11.6. The second kappa shape index (κ2) is 15.8. The van der Waals surface area contributed by atoms with Crippen molar-refractivity contribution in [3.05, 3.63) is 77.4 Å². The largest absolute Gasteiger partial charge is 0.508 e. The summed E-state index contributed by atoms with van der Waals surface area (Å²) in [6.07, 6.45) is 10.2. The minimum absolute atomic E-state index is 0.0141. The summed E-state index contributed by atoms with van der Waals surface area (Å²) in [7, 11) is 0. The van der Waals surface area contributed by atoms with Gasteiger partial charge >= 0.3 is 11.9 Å². The molecule has 0 aromatic heterocycles. The fraction of sp³-hybridized carbons (Fsp3) is 0.487. The highest BCUT2D eigenvalue weighted by Crippen LogP contribution is 2.45. The zero-order valence-corrected chi connectivity index (χ0v) is 28.1. The number of aliphatic hydroxyl groups is 2. The highest BCUT2D eigenvalue weighted by Gasteiger charge is 2.43. The third kappa shape index (κ3) is 10.1. The van der Waals surface area contributed by atoms with Gasteiger partial charge in [-0.2, -0.15) is 0 Å². The van der Waals surface area contributed by atoms with Crippen LogP contribution < -0.4 is 4.74 Å². The molecule has 2 aromatic rings. The number of phenolic OH excluding ortho intramolecular Hbond substituents is 2. The number of hydrogen-bond acceptors (Lipinski definition) is 8. The molecule has 0 spiro atoms. The second-order valence-electron chi connectivity index (χ2n) is 14.0. The molecule has 2 aliphatic carbocycles. The molecule has 0 unspecified atom stereocenters. The fourth-order valence-corrected chi connectivity index (χ4v) is 6.47. The van der Waals surface area contributed by atoms with Gasteiger partial charge < -0.3 is 29.9 Å². The van der Waals surface area contributed by atoms with E-state index in [1.165, 1.54) is 17.7 Å². The number of carbonyl (C=O) groups is 2. The normalized spacial score (nSPS) is 23.9. The van der Waals surface area contributed by atoms with E-state index in [2.05, 4.69) is 32.1 Å². The maximum Gasteiger partial charge on any atom is 0.313 e. The maximum absolute atomic E-state index is 13.1. The Hall–Kier alpha value is -3.88. The van der Waals surface area contributed by atoms with Crippen LogP contribution in [0.4, 0.5) is 0 Å². The quantitative estimate of drug-likeness (QED) is 0.102. The fourth-order valence-electron chi connectivity index (χ4n) is 6.47. The van der Waals surface area contributed by atoms with Gasteiger partial charge in [-0.3, -0.25) is 9.59 Å². The number of aromatic hydroxyl groups is 2. The van der Waals surface area contributed by atoms with E-state index in [-0.39, 0.29) is 65.8 Å². The van der Waals surface area contributed by atoms with Crippen LogP contribution in [0.1, 0.15) is 84.3 Å². The van der Waals surface area contributed by atoms with Crippen LogP contribution in [0.15, 0.2) is 66.3 Å². The Balaban J connectivity index is 1.31. The number of benzene rings is 2. The molecular weight excluding hydrogens is 596 g/mol. The molecule has 7 atom stereocenters. The molecule has 0 amide bonds. The van der Waals surface area contributed by atoms with Crippen LogP contribution in [0, 0.1) is 29.1 Å². The zero-order valence-electron chi connectivity index (χ0n) is 28.1. The molecular formula is C39H50O8. The highest BCUT2D eigenvalue weighted by molar-refractivity contribution is 5.76. The highest BCUT2D eigenvalue weighted by atomic mass is 16.5. The smallest absolute Gasteiger partial charge is 0.313 e. The molecule has 0 radical (unpaired) electrons. The Bertz CT molecular complexity index is 1470. The first kappa shape index (κ1) is 36.0. The van der Waals surface area contributed by atoms with Crippen LogP contribution >= 0.6 is 0 Å². The first-order valence-corrected chi connectivity index (χ1v) is 16.7. The number of rotatable bonds is 13. The van der Waals surface area contributed by atoms with E-state index < -0.39 is 23.6 Å². The van der Waals surface area contributed by atoms with Gasteiger partial charge in [-0.1, -0.05) is 63.3 Å². The van der Waals surface area contributed by atoms with Gasteiger partial charge in [-0.05, 0) is 105 Å². The molecule has 2 aromatic carbocycles. The van der Waals surface area contributed by atoms with Crippen LogP contribution in [0.5, 0.6) is 17.2 Å². The van der Waals surface area contributed by atoms with Gasteiger partial charge in [0.05, 0.1) is 24.0 Å². The van der Waals surface area contributed by atoms with Crippen LogP contribution in [0.25, 0.3) is 12.2 Å². The van der Waals surface area contributed by atoms with E-state index in [0.29, 0.717) is 24.8 Å². The Labute approximate surface area is 278 Å². The monoisotopic (exact) mass is 646 g/mol. The Kier molecular flexibility index (Phi) is 12.1. The van der Waals surface area contributed by atoms with Gasteiger partial charge in [0.1, 0.15) is 23.4 Å². The van der Waals surface area contributed by atoms with Gasteiger partial charge in [0.2, 0.25) is 0 Å². The molecule has 4 rings (SSSR count). The average Bonchev–Trinajstić information content (AvgIpc) is 2.99. The van der Waals surface area contributed by atoms with E-state index in [9.17, 15) is 30.0 Å². The predicted molar refractivity (Wildman–Crippen MR) is 182 cm³/mol. The molecule has 0 aliphatic heterocycles. The lowest BCUT2D eigenvalue weighted by atomic mass is 9.65. The van der Waals surface area contributed by atoms with Crippen molar-refractivity contribution < 1.29 is 39.5 Å². The third-order valence-corrected chi connectivity index (χ3v) is 9.58. The molecule has 0 bridgehead atoms. The number of fused-ring (bicyclic) bond motifs is 1.